The molecule has 164 valence electrons. The standard InChI is InChI=1S/C23H24F2N2O3S/c1-2-3-9-29-17-7-4-6-15(11-17)22(28)27(14-18-8-5-10-30-18)23-26-21-19(25)12-16(24)13-20(21)31-23/h4,6-7,11-13,18H,2-3,5,8-10,14H2,1H3. The van der Waals surface area contributed by atoms with Crippen LogP contribution in [-0.4, -0.2) is 36.8 Å². The molecule has 2 aromatic carbocycles. The Morgan fingerprint density at radius 3 is 2.97 bits per heavy atom. The smallest absolute Gasteiger partial charge is 0.260 e. The molecule has 1 saturated heterocycles. The quantitative estimate of drug-likeness (QED) is 0.424. The Morgan fingerprint density at radius 1 is 1.32 bits per heavy atom. The SMILES string of the molecule is CCCCOc1cccc(C(=O)N(CC2CCCO2)c2nc3c(F)cc(F)cc3s2)c1. The number of thiazole rings is 1. The van der Waals surface area contributed by atoms with Crippen molar-refractivity contribution in [2.45, 2.75) is 38.7 Å². The zero-order valence-corrected chi connectivity index (χ0v) is 18.1. The topological polar surface area (TPSA) is 51.7 Å². The van der Waals surface area contributed by atoms with E-state index in [1.54, 1.807) is 18.2 Å². The lowest BCUT2D eigenvalue weighted by molar-refractivity contribution is 0.0917. The predicted octanol–water partition coefficient (Wildman–Crippen LogP) is 5.58. The summed E-state index contributed by atoms with van der Waals surface area (Å²) in [7, 11) is 0. The summed E-state index contributed by atoms with van der Waals surface area (Å²) >= 11 is 1.09. The van der Waals surface area contributed by atoms with Crippen LogP contribution in [0.5, 0.6) is 5.75 Å². The number of ether oxygens (including phenoxy) is 2. The third kappa shape index (κ3) is 5.02. The van der Waals surface area contributed by atoms with E-state index in [1.807, 2.05) is 6.07 Å². The Morgan fingerprint density at radius 2 is 2.19 bits per heavy atom. The van der Waals surface area contributed by atoms with Crippen molar-refractivity contribution in [2.24, 2.45) is 0 Å². The maximum absolute atomic E-state index is 14.2. The Bertz CT molecular complexity index is 1070. The summed E-state index contributed by atoms with van der Waals surface area (Å²) in [5.41, 5.74) is 0.501. The van der Waals surface area contributed by atoms with Crippen molar-refractivity contribution in [3.05, 3.63) is 53.6 Å². The molecule has 0 bridgehead atoms. The van der Waals surface area contributed by atoms with Crippen LogP contribution >= 0.6 is 11.3 Å². The normalized spacial score (nSPS) is 16.0. The average Bonchev–Trinajstić information content (AvgIpc) is 3.42. The summed E-state index contributed by atoms with van der Waals surface area (Å²) < 4.78 is 39.7. The van der Waals surface area contributed by atoms with Crippen molar-refractivity contribution < 1.29 is 23.0 Å². The minimum Gasteiger partial charge on any atom is -0.494 e. The van der Waals surface area contributed by atoms with Crippen LogP contribution in [0.15, 0.2) is 36.4 Å². The van der Waals surface area contributed by atoms with Crippen molar-refractivity contribution >= 4 is 32.6 Å². The monoisotopic (exact) mass is 446 g/mol. The molecule has 0 spiro atoms. The van der Waals surface area contributed by atoms with E-state index in [1.165, 1.54) is 11.0 Å². The predicted molar refractivity (Wildman–Crippen MR) is 117 cm³/mol. The van der Waals surface area contributed by atoms with E-state index in [9.17, 15) is 13.6 Å². The van der Waals surface area contributed by atoms with Gasteiger partial charge in [-0.3, -0.25) is 9.69 Å². The van der Waals surface area contributed by atoms with E-state index in [0.717, 1.165) is 43.1 Å². The summed E-state index contributed by atoms with van der Waals surface area (Å²) in [4.78, 5) is 19.3. The molecule has 1 atom stereocenters. The highest BCUT2D eigenvalue weighted by atomic mass is 32.1. The van der Waals surface area contributed by atoms with Gasteiger partial charge in [-0.2, -0.15) is 0 Å². The molecule has 0 aliphatic carbocycles. The summed E-state index contributed by atoms with van der Waals surface area (Å²) in [6.07, 6.45) is 3.58. The lowest BCUT2D eigenvalue weighted by Crippen LogP contribution is -2.37. The van der Waals surface area contributed by atoms with Gasteiger partial charge in [0.25, 0.3) is 5.91 Å². The number of hydrogen-bond acceptors (Lipinski definition) is 5. The van der Waals surface area contributed by atoms with Gasteiger partial charge < -0.3 is 9.47 Å². The number of unbranched alkanes of at least 4 members (excludes halogenated alkanes) is 1. The fraction of sp³-hybridized carbons (Fsp3) is 0.391. The Kier molecular flexibility index (Phi) is 6.77. The van der Waals surface area contributed by atoms with Gasteiger partial charge in [-0.25, -0.2) is 13.8 Å². The minimum absolute atomic E-state index is 0.0585. The van der Waals surface area contributed by atoms with Crippen LogP contribution in [0, 0.1) is 11.6 Å². The van der Waals surface area contributed by atoms with Gasteiger partial charge in [-0.15, -0.1) is 0 Å². The molecule has 1 aliphatic heterocycles. The second-order valence-electron chi connectivity index (χ2n) is 7.51. The zero-order valence-electron chi connectivity index (χ0n) is 17.3. The van der Waals surface area contributed by atoms with Crippen molar-refractivity contribution in [3.8, 4) is 5.75 Å². The molecule has 3 aromatic rings. The van der Waals surface area contributed by atoms with Gasteiger partial charge in [-0.1, -0.05) is 30.7 Å². The first-order valence-electron chi connectivity index (χ1n) is 10.5. The molecule has 0 saturated carbocycles. The fourth-order valence-corrected chi connectivity index (χ4v) is 4.52. The van der Waals surface area contributed by atoms with Crippen LogP contribution in [0.2, 0.25) is 0 Å². The first kappa shape index (κ1) is 21.6. The summed E-state index contributed by atoms with van der Waals surface area (Å²) in [5, 5.41) is 0.317. The largest absolute Gasteiger partial charge is 0.494 e. The number of nitrogens with zero attached hydrogens (tertiary/aromatic N) is 2. The van der Waals surface area contributed by atoms with Crippen LogP contribution in [0.4, 0.5) is 13.9 Å². The fourth-order valence-electron chi connectivity index (χ4n) is 3.51. The highest BCUT2D eigenvalue weighted by Crippen LogP contribution is 2.33. The van der Waals surface area contributed by atoms with Crippen LogP contribution in [0.25, 0.3) is 10.2 Å². The lowest BCUT2D eigenvalue weighted by Gasteiger charge is -2.23. The number of rotatable bonds is 8. The van der Waals surface area contributed by atoms with Gasteiger partial charge in [0, 0.05) is 18.2 Å². The summed E-state index contributed by atoms with van der Waals surface area (Å²) in [6.45, 7) is 3.60. The number of halogens is 2. The third-order valence-electron chi connectivity index (χ3n) is 5.14. The number of carbonyl (C=O) groups excluding carboxylic acids is 1. The van der Waals surface area contributed by atoms with Gasteiger partial charge in [0.05, 0.1) is 24.0 Å². The number of fused-ring (bicyclic) bond motifs is 1. The lowest BCUT2D eigenvalue weighted by atomic mass is 10.1. The highest BCUT2D eigenvalue weighted by Gasteiger charge is 2.28. The van der Waals surface area contributed by atoms with Crippen molar-refractivity contribution in [3.63, 3.8) is 0 Å². The second kappa shape index (κ2) is 9.70. The van der Waals surface area contributed by atoms with E-state index in [4.69, 9.17) is 9.47 Å². The van der Waals surface area contributed by atoms with E-state index < -0.39 is 11.6 Å². The number of amides is 1. The molecular weight excluding hydrogens is 422 g/mol. The molecule has 1 fully saturated rings. The summed E-state index contributed by atoms with van der Waals surface area (Å²) in [5.74, 6) is -1.08. The zero-order chi connectivity index (χ0) is 21.8. The Balaban J connectivity index is 1.66. The molecule has 0 radical (unpaired) electrons. The second-order valence-corrected chi connectivity index (χ2v) is 8.52. The minimum atomic E-state index is -0.742. The van der Waals surface area contributed by atoms with E-state index in [-0.39, 0.29) is 17.5 Å². The van der Waals surface area contributed by atoms with Crippen LogP contribution in [0.1, 0.15) is 43.0 Å². The number of hydrogen-bond donors (Lipinski definition) is 0. The van der Waals surface area contributed by atoms with Gasteiger partial charge in [-0.05, 0) is 43.5 Å². The van der Waals surface area contributed by atoms with E-state index in [2.05, 4.69) is 11.9 Å². The molecule has 1 aromatic heterocycles. The average molecular weight is 447 g/mol. The number of anilines is 1. The van der Waals surface area contributed by atoms with Crippen molar-refractivity contribution in [1.82, 2.24) is 4.98 Å². The van der Waals surface area contributed by atoms with Crippen molar-refractivity contribution in [1.29, 1.82) is 0 Å². The molecular formula is C23H24F2N2O3S. The first-order chi connectivity index (χ1) is 15.0. The molecule has 31 heavy (non-hydrogen) atoms. The Labute approximate surface area is 183 Å². The summed E-state index contributed by atoms with van der Waals surface area (Å²) in [6, 6.07) is 9.03. The molecule has 1 amide bonds. The maximum atomic E-state index is 14.2. The van der Waals surface area contributed by atoms with Gasteiger partial charge in [0.1, 0.15) is 17.1 Å². The van der Waals surface area contributed by atoms with Crippen molar-refractivity contribution in [2.75, 3.05) is 24.7 Å². The molecule has 8 heteroatoms. The van der Waals surface area contributed by atoms with Crippen LogP contribution in [-0.2, 0) is 4.74 Å². The van der Waals surface area contributed by atoms with E-state index >= 15 is 0 Å². The van der Waals surface area contributed by atoms with Crippen LogP contribution < -0.4 is 9.64 Å². The third-order valence-corrected chi connectivity index (χ3v) is 6.16. The van der Waals surface area contributed by atoms with Gasteiger partial charge >= 0.3 is 0 Å². The molecule has 2 heterocycles. The maximum Gasteiger partial charge on any atom is 0.260 e. The Hall–Kier alpha value is -2.58. The molecule has 1 unspecified atom stereocenters. The van der Waals surface area contributed by atoms with Crippen LogP contribution in [0.3, 0.4) is 0 Å². The molecule has 5 nitrogen and oxygen atoms in total. The number of aromatic nitrogens is 1. The molecule has 0 N–H and O–H groups in total. The first-order valence-corrected chi connectivity index (χ1v) is 11.3. The van der Waals surface area contributed by atoms with Gasteiger partial charge in [0.2, 0.25) is 0 Å². The molecule has 4 rings (SSSR count). The number of benzene rings is 2. The number of carbonyl (C=O) groups is 1. The highest BCUT2D eigenvalue weighted by molar-refractivity contribution is 7.22. The van der Waals surface area contributed by atoms with E-state index in [0.29, 0.717) is 40.9 Å². The van der Waals surface area contributed by atoms with Gasteiger partial charge in [0.15, 0.2) is 10.9 Å². The molecule has 1 aliphatic rings.